The number of para-hydroxylation sites is 1. The molecule has 0 fully saturated rings. The molecule has 0 radical (unpaired) electrons. The van der Waals surface area contributed by atoms with Crippen molar-refractivity contribution in [3.05, 3.63) is 29.8 Å². The minimum atomic E-state index is -0.307. The van der Waals surface area contributed by atoms with E-state index in [0.717, 1.165) is 17.9 Å². The van der Waals surface area contributed by atoms with Crippen LogP contribution >= 0.6 is 0 Å². The molecule has 0 aliphatic heterocycles. The number of nitrogens with one attached hydrogen (secondary N) is 1. The number of methoxy groups -OCH3 is 1. The van der Waals surface area contributed by atoms with Gasteiger partial charge in [-0.2, -0.15) is 5.26 Å². The van der Waals surface area contributed by atoms with Crippen molar-refractivity contribution < 1.29 is 4.74 Å². The fraction of sp³-hybridized carbons (Fsp3) is 0.462. The Kier molecular flexibility index (Phi) is 4.81. The zero-order valence-corrected chi connectivity index (χ0v) is 10.0. The Labute approximate surface area is 97.0 Å². The summed E-state index contributed by atoms with van der Waals surface area (Å²) in [5, 5.41) is 12.4. The number of nitrogens with zero attached hydrogens (tertiary/aromatic N) is 1. The van der Waals surface area contributed by atoms with Gasteiger partial charge >= 0.3 is 0 Å². The molecule has 0 saturated heterocycles. The highest BCUT2D eigenvalue weighted by Gasteiger charge is 2.14. The van der Waals surface area contributed by atoms with E-state index in [0.29, 0.717) is 5.92 Å². The highest BCUT2D eigenvalue weighted by Crippen LogP contribution is 2.24. The van der Waals surface area contributed by atoms with Gasteiger partial charge < -0.3 is 4.74 Å². The monoisotopic (exact) mass is 218 g/mol. The van der Waals surface area contributed by atoms with Crippen LogP contribution in [0.3, 0.4) is 0 Å². The van der Waals surface area contributed by atoms with Gasteiger partial charge in [0.05, 0.1) is 13.2 Å². The van der Waals surface area contributed by atoms with Crippen LogP contribution in [0.15, 0.2) is 24.3 Å². The Morgan fingerprint density at radius 1 is 1.38 bits per heavy atom. The Morgan fingerprint density at radius 3 is 2.62 bits per heavy atom. The molecule has 0 aliphatic rings. The predicted molar refractivity (Wildman–Crippen MR) is 64.2 cm³/mol. The molecule has 0 spiro atoms. The average molecular weight is 218 g/mol. The molecule has 86 valence electrons. The second kappa shape index (κ2) is 6.14. The molecule has 1 N–H and O–H groups in total. The van der Waals surface area contributed by atoms with Gasteiger partial charge in [-0.1, -0.05) is 32.0 Å². The van der Waals surface area contributed by atoms with Crippen LogP contribution in [0.4, 0.5) is 0 Å². The van der Waals surface area contributed by atoms with Crippen molar-refractivity contribution in [2.24, 2.45) is 5.92 Å². The fourth-order valence-corrected chi connectivity index (χ4v) is 1.48. The van der Waals surface area contributed by atoms with Crippen LogP contribution < -0.4 is 10.1 Å². The first-order chi connectivity index (χ1) is 7.69. The summed E-state index contributed by atoms with van der Waals surface area (Å²) in [5.74, 6) is 1.27. The summed E-state index contributed by atoms with van der Waals surface area (Å²) in [6, 6.07) is 9.56. The summed E-state index contributed by atoms with van der Waals surface area (Å²) in [7, 11) is 1.62. The summed E-state index contributed by atoms with van der Waals surface area (Å²) in [5.41, 5.74) is 0.896. The molecule has 1 aromatic carbocycles. The van der Waals surface area contributed by atoms with Crippen molar-refractivity contribution in [2.45, 2.75) is 19.9 Å². The van der Waals surface area contributed by atoms with Crippen molar-refractivity contribution in [2.75, 3.05) is 13.7 Å². The van der Waals surface area contributed by atoms with Gasteiger partial charge in [0, 0.05) is 5.56 Å². The summed E-state index contributed by atoms with van der Waals surface area (Å²) in [6.45, 7) is 5.05. The lowest BCUT2D eigenvalue weighted by molar-refractivity contribution is 0.403. The molecule has 0 heterocycles. The minimum absolute atomic E-state index is 0.307. The lowest BCUT2D eigenvalue weighted by Crippen LogP contribution is -2.24. The first-order valence-corrected chi connectivity index (χ1v) is 5.45. The molecule has 0 amide bonds. The van der Waals surface area contributed by atoms with Crippen LogP contribution in [-0.4, -0.2) is 13.7 Å². The third kappa shape index (κ3) is 3.25. The number of hydrogen-bond donors (Lipinski definition) is 1. The van der Waals surface area contributed by atoms with E-state index >= 15 is 0 Å². The van der Waals surface area contributed by atoms with E-state index in [2.05, 4.69) is 25.2 Å². The Hall–Kier alpha value is -1.53. The van der Waals surface area contributed by atoms with E-state index in [1.165, 1.54) is 0 Å². The van der Waals surface area contributed by atoms with Crippen molar-refractivity contribution in [1.82, 2.24) is 5.32 Å². The molecule has 1 aromatic rings. The van der Waals surface area contributed by atoms with Crippen molar-refractivity contribution in [3.63, 3.8) is 0 Å². The molecule has 3 nitrogen and oxygen atoms in total. The van der Waals surface area contributed by atoms with Gasteiger partial charge in [0.2, 0.25) is 0 Å². The fourth-order valence-electron chi connectivity index (χ4n) is 1.48. The van der Waals surface area contributed by atoms with Crippen molar-refractivity contribution >= 4 is 0 Å². The van der Waals surface area contributed by atoms with Crippen LogP contribution in [0, 0.1) is 17.2 Å². The van der Waals surface area contributed by atoms with Crippen molar-refractivity contribution in [1.29, 1.82) is 5.26 Å². The maximum Gasteiger partial charge on any atom is 0.124 e. The highest BCUT2D eigenvalue weighted by atomic mass is 16.5. The summed E-state index contributed by atoms with van der Waals surface area (Å²) in [6.07, 6.45) is 0. The third-order valence-corrected chi connectivity index (χ3v) is 2.31. The molecule has 3 heteroatoms. The summed E-state index contributed by atoms with van der Waals surface area (Å²) >= 11 is 0. The van der Waals surface area contributed by atoms with Gasteiger partial charge in [0.25, 0.3) is 0 Å². The minimum Gasteiger partial charge on any atom is -0.496 e. The molecule has 1 atom stereocenters. The highest BCUT2D eigenvalue weighted by molar-refractivity contribution is 5.38. The SMILES string of the molecule is COc1ccccc1C(C#N)NCC(C)C. The van der Waals surface area contributed by atoms with Crippen LogP contribution in [0.1, 0.15) is 25.5 Å². The zero-order valence-electron chi connectivity index (χ0n) is 10.0. The number of nitriles is 1. The van der Waals surface area contributed by atoms with E-state index in [1.807, 2.05) is 24.3 Å². The van der Waals surface area contributed by atoms with E-state index in [1.54, 1.807) is 7.11 Å². The Bertz CT molecular complexity index is 368. The number of hydrogen-bond acceptors (Lipinski definition) is 3. The van der Waals surface area contributed by atoms with E-state index in [9.17, 15) is 0 Å². The van der Waals surface area contributed by atoms with Crippen LogP contribution in [0.5, 0.6) is 5.75 Å². The first-order valence-electron chi connectivity index (χ1n) is 5.45. The van der Waals surface area contributed by atoms with Gasteiger partial charge in [-0.3, -0.25) is 5.32 Å². The van der Waals surface area contributed by atoms with Gasteiger partial charge in [-0.15, -0.1) is 0 Å². The molecular weight excluding hydrogens is 200 g/mol. The van der Waals surface area contributed by atoms with E-state index in [-0.39, 0.29) is 6.04 Å². The summed E-state index contributed by atoms with van der Waals surface area (Å²) in [4.78, 5) is 0. The molecule has 1 unspecified atom stereocenters. The average Bonchev–Trinajstić information content (AvgIpc) is 2.30. The topological polar surface area (TPSA) is 45.0 Å². The predicted octanol–water partition coefficient (Wildman–Crippen LogP) is 2.51. The number of rotatable bonds is 5. The largest absolute Gasteiger partial charge is 0.496 e. The van der Waals surface area contributed by atoms with Crippen LogP contribution in [0.25, 0.3) is 0 Å². The lowest BCUT2D eigenvalue weighted by atomic mass is 10.1. The van der Waals surface area contributed by atoms with Crippen LogP contribution in [0.2, 0.25) is 0 Å². The maximum absolute atomic E-state index is 9.14. The van der Waals surface area contributed by atoms with Crippen molar-refractivity contribution in [3.8, 4) is 11.8 Å². The molecule has 0 aliphatic carbocycles. The van der Waals surface area contributed by atoms with Gasteiger partial charge in [0.1, 0.15) is 11.8 Å². The second-order valence-electron chi connectivity index (χ2n) is 4.11. The van der Waals surface area contributed by atoms with Gasteiger partial charge in [0.15, 0.2) is 0 Å². The van der Waals surface area contributed by atoms with Gasteiger partial charge in [-0.05, 0) is 18.5 Å². The molecule has 0 saturated carbocycles. The number of benzene rings is 1. The Balaban J connectivity index is 2.83. The lowest BCUT2D eigenvalue weighted by Gasteiger charge is -2.16. The second-order valence-corrected chi connectivity index (χ2v) is 4.11. The first kappa shape index (κ1) is 12.5. The number of ether oxygens (including phenoxy) is 1. The standard InChI is InChI=1S/C13H18N2O/c1-10(2)9-15-12(8-14)11-6-4-5-7-13(11)16-3/h4-7,10,12,15H,9H2,1-3H3. The maximum atomic E-state index is 9.14. The molecule has 0 bridgehead atoms. The molecule has 1 rings (SSSR count). The normalized spacial score (nSPS) is 12.2. The van der Waals surface area contributed by atoms with E-state index < -0.39 is 0 Å². The summed E-state index contributed by atoms with van der Waals surface area (Å²) < 4.78 is 5.24. The third-order valence-electron chi connectivity index (χ3n) is 2.31. The zero-order chi connectivity index (χ0) is 12.0. The Morgan fingerprint density at radius 2 is 2.06 bits per heavy atom. The quantitative estimate of drug-likeness (QED) is 0.826. The molecular formula is C13H18N2O. The van der Waals surface area contributed by atoms with Crippen LogP contribution in [-0.2, 0) is 0 Å². The molecule has 16 heavy (non-hydrogen) atoms. The van der Waals surface area contributed by atoms with E-state index in [4.69, 9.17) is 10.00 Å². The molecule has 0 aromatic heterocycles. The smallest absolute Gasteiger partial charge is 0.124 e. The van der Waals surface area contributed by atoms with Gasteiger partial charge in [-0.25, -0.2) is 0 Å².